The van der Waals surface area contributed by atoms with Crippen LogP contribution in [-0.2, 0) is 9.59 Å². The van der Waals surface area contributed by atoms with Gasteiger partial charge < -0.3 is 4.42 Å². The Hall–Kier alpha value is -2.66. The van der Waals surface area contributed by atoms with Crippen molar-refractivity contribution in [2.45, 2.75) is 12.8 Å². The molecule has 4 aliphatic rings. The molecule has 2 aromatic rings. The maximum atomic E-state index is 12.7. The first-order valence-electron chi connectivity index (χ1n) is 9.08. The molecular formula is C21H17ClN2O3. The Morgan fingerprint density at radius 1 is 0.963 bits per heavy atom. The van der Waals surface area contributed by atoms with E-state index < -0.39 is 0 Å². The summed E-state index contributed by atoms with van der Waals surface area (Å²) in [6.45, 7) is 0. The summed E-state index contributed by atoms with van der Waals surface area (Å²) in [5, 5.41) is 5.86. The minimum atomic E-state index is -0.250. The molecule has 2 amide bonds. The molecule has 3 aliphatic carbocycles. The number of hydrogen-bond donors (Lipinski definition) is 0. The number of hydrogen-bond acceptors (Lipinski definition) is 4. The van der Waals surface area contributed by atoms with Crippen molar-refractivity contribution in [3.05, 3.63) is 59.3 Å². The molecular weight excluding hydrogens is 364 g/mol. The number of nitrogens with zero attached hydrogens (tertiary/aromatic N) is 2. The molecule has 5 nitrogen and oxygen atoms in total. The smallest absolute Gasteiger partial charge is 0.254 e. The van der Waals surface area contributed by atoms with E-state index in [-0.39, 0.29) is 35.5 Å². The van der Waals surface area contributed by atoms with Crippen molar-refractivity contribution in [1.82, 2.24) is 5.01 Å². The Bertz CT molecular complexity index is 944. The van der Waals surface area contributed by atoms with Crippen LogP contribution < -0.4 is 0 Å². The molecule has 1 saturated carbocycles. The first-order chi connectivity index (χ1) is 13.1. The van der Waals surface area contributed by atoms with Crippen LogP contribution in [0, 0.1) is 23.7 Å². The van der Waals surface area contributed by atoms with Gasteiger partial charge in [0.1, 0.15) is 11.5 Å². The second-order valence-electron chi connectivity index (χ2n) is 7.28. The van der Waals surface area contributed by atoms with Gasteiger partial charge in [-0.25, -0.2) is 0 Å². The fourth-order valence-electron chi connectivity index (χ4n) is 4.48. The molecule has 0 unspecified atom stereocenters. The van der Waals surface area contributed by atoms with Crippen molar-refractivity contribution in [1.29, 1.82) is 0 Å². The second kappa shape index (κ2) is 6.20. The third-order valence-electron chi connectivity index (χ3n) is 5.79. The van der Waals surface area contributed by atoms with Gasteiger partial charge in [-0.1, -0.05) is 23.8 Å². The van der Waals surface area contributed by atoms with Gasteiger partial charge in [-0.05, 0) is 61.1 Å². The number of imide groups is 1. The minimum absolute atomic E-state index is 0.164. The molecule has 1 aliphatic heterocycles. The van der Waals surface area contributed by atoms with Crippen LogP contribution in [0.1, 0.15) is 18.6 Å². The topological polar surface area (TPSA) is 62.9 Å². The van der Waals surface area contributed by atoms with Gasteiger partial charge in [0.05, 0.1) is 18.1 Å². The van der Waals surface area contributed by atoms with Crippen LogP contribution in [0.4, 0.5) is 0 Å². The molecule has 1 aromatic heterocycles. The number of hydrazone groups is 1. The van der Waals surface area contributed by atoms with Crippen LogP contribution >= 0.6 is 11.6 Å². The molecule has 6 rings (SSSR count). The maximum Gasteiger partial charge on any atom is 0.254 e. The first kappa shape index (κ1) is 16.5. The van der Waals surface area contributed by atoms with E-state index in [1.54, 1.807) is 18.2 Å². The van der Waals surface area contributed by atoms with Crippen LogP contribution in [0.5, 0.6) is 0 Å². The van der Waals surface area contributed by atoms with Crippen LogP contribution in [0.25, 0.3) is 11.3 Å². The van der Waals surface area contributed by atoms with Crippen LogP contribution in [0.2, 0.25) is 5.02 Å². The summed E-state index contributed by atoms with van der Waals surface area (Å²) in [5.74, 6) is 0.599. The first-order valence-corrected chi connectivity index (χ1v) is 9.45. The van der Waals surface area contributed by atoms with E-state index in [2.05, 4.69) is 17.3 Å². The molecule has 1 saturated heterocycles. The van der Waals surface area contributed by atoms with Gasteiger partial charge >= 0.3 is 0 Å². The van der Waals surface area contributed by atoms with Gasteiger partial charge in [-0.2, -0.15) is 10.1 Å². The van der Waals surface area contributed by atoms with Crippen molar-refractivity contribution in [3.8, 4) is 11.3 Å². The molecule has 2 bridgehead atoms. The van der Waals surface area contributed by atoms with Crippen molar-refractivity contribution >= 4 is 29.6 Å². The van der Waals surface area contributed by atoms with Crippen LogP contribution in [-0.4, -0.2) is 23.0 Å². The molecule has 4 atom stereocenters. The molecule has 2 fully saturated rings. The minimum Gasteiger partial charge on any atom is -0.455 e. The average molecular weight is 381 g/mol. The van der Waals surface area contributed by atoms with Gasteiger partial charge in [0.25, 0.3) is 11.8 Å². The number of fused-ring (bicyclic) bond motifs is 1. The van der Waals surface area contributed by atoms with Gasteiger partial charge in [0.15, 0.2) is 0 Å². The molecule has 0 radical (unpaired) electrons. The highest BCUT2D eigenvalue weighted by molar-refractivity contribution is 6.30. The number of furan rings is 1. The van der Waals surface area contributed by atoms with E-state index >= 15 is 0 Å². The lowest BCUT2D eigenvalue weighted by Gasteiger charge is -2.37. The normalized spacial score (nSPS) is 29.1. The quantitative estimate of drug-likeness (QED) is 0.457. The summed E-state index contributed by atoms with van der Waals surface area (Å²) in [7, 11) is 0. The number of allylic oxidation sites excluding steroid dienone is 2. The standard InChI is InChI=1S/C21H17ClN2O3/c22-15-7-5-12(6-8-15)17-10-9-16(27-17)11-23-24-20(25)18-13-1-2-14(4-3-13)19(18)21(24)26/h1-2,5-11,13-14,18-19H,3-4H2/b23-11-/t13-,14-,18+,19+/m0/s1. The highest BCUT2D eigenvalue weighted by Gasteiger charge is 2.56. The molecule has 0 N–H and O–H groups in total. The van der Waals surface area contributed by atoms with Gasteiger partial charge in [0.2, 0.25) is 0 Å². The summed E-state index contributed by atoms with van der Waals surface area (Å²) in [5.41, 5.74) is 0.890. The maximum absolute atomic E-state index is 12.7. The number of benzene rings is 1. The fourth-order valence-corrected chi connectivity index (χ4v) is 4.60. The molecule has 27 heavy (non-hydrogen) atoms. The van der Waals surface area contributed by atoms with Crippen molar-refractivity contribution in [2.24, 2.45) is 28.8 Å². The van der Waals surface area contributed by atoms with E-state index in [0.717, 1.165) is 23.4 Å². The average Bonchev–Trinajstić information content (AvgIpc) is 3.26. The van der Waals surface area contributed by atoms with Crippen LogP contribution in [0.3, 0.4) is 0 Å². The van der Waals surface area contributed by atoms with Crippen molar-refractivity contribution in [2.75, 3.05) is 0 Å². The molecule has 0 spiro atoms. The monoisotopic (exact) mass is 380 g/mol. The molecule has 136 valence electrons. The number of rotatable bonds is 3. The van der Waals surface area contributed by atoms with E-state index in [1.807, 2.05) is 18.2 Å². The lowest BCUT2D eigenvalue weighted by atomic mass is 9.63. The summed E-state index contributed by atoms with van der Waals surface area (Å²) in [6.07, 6.45) is 7.57. The van der Waals surface area contributed by atoms with E-state index in [1.165, 1.54) is 6.21 Å². The highest BCUT2D eigenvalue weighted by atomic mass is 35.5. The fraction of sp³-hybridized carbons (Fsp3) is 0.286. The van der Waals surface area contributed by atoms with Gasteiger partial charge in [-0.15, -0.1) is 0 Å². The predicted molar refractivity (Wildman–Crippen MR) is 101 cm³/mol. The van der Waals surface area contributed by atoms with E-state index in [9.17, 15) is 9.59 Å². The lowest BCUT2D eigenvalue weighted by molar-refractivity contribution is -0.140. The summed E-state index contributed by atoms with van der Waals surface area (Å²) >= 11 is 5.91. The summed E-state index contributed by atoms with van der Waals surface area (Å²) in [6, 6.07) is 10.9. The molecule has 1 aromatic carbocycles. The van der Waals surface area contributed by atoms with Gasteiger partial charge in [-0.3, -0.25) is 9.59 Å². The Morgan fingerprint density at radius 3 is 2.19 bits per heavy atom. The summed E-state index contributed by atoms with van der Waals surface area (Å²) < 4.78 is 5.76. The predicted octanol–water partition coefficient (Wildman–Crippen LogP) is 4.13. The zero-order valence-corrected chi connectivity index (χ0v) is 15.2. The third-order valence-corrected chi connectivity index (χ3v) is 6.04. The van der Waals surface area contributed by atoms with E-state index in [4.69, 9.17) is 16.0 Å². The zero-order valence-electron chi connectivity index (χ0n) is 14.4. The lowest BCUT2D eigenvalue weighted by Crippen LogP contribution is -2.38. The Labute approximate surface area is 161 Å². The van der Waals surface area contributed by atoms with Crippen molar-refractivity contribution < 1.29 is 14.0 Å². The Kier molecular flexibility index (Phi) is 3.79. The third kappa shape index (κ3) is 2.65. The Balaban J connectivity index is 1.37. The van der Waals surface area contributed by atoms with Crippen molar-refractivity contribution in [3.63, 3.8) is 0 Å². The number of halogens is 1. The van der Waals surface area contributed by atoms with E-state index in [0.29, 0.717) is 16.5 Å². The second-order valence-corrected chi connectivity index (χ2v) is 7.72. The van der Waals surface area contributed by atoms with Crippen LogP contribution in [0.15, 0.2) is 58.1 Å². The zero-order chi connectivity index (χ0) is 18.5. The molecule has 2 heterocycles. The Morgan fingerprint density at radius 2 is 1.59 bits per heavy atom. The largest absolute Gasteiger partial charge is 0.455 e. The number of carbonyl (C=O) groups excluding carboxylic acids is 2. The molecule has 6 heteroatoms. The SMILES string of the molecule is O=C1[C@H]2[C@H](C(=O)N1/N=C\c1ccc(-c3ccc(Cl)cc3)o1)[C@H]1C=C[C@H]2CC1. The number of carbonyl (C=O) groups is 2. The van der Waals surface area contributed by atoms with Gasteiger partial charge in [0, 0.05) is 10.6 Å². The highest BCUT2D eigenvalue weighted by Crippen LogP contribution is 2.49. The number of amides is 2. The summed E-state index contributed by atoms with van der Waals surface area (Å²) in [4.78, 5) is 25.5.